The van der Waals surface area contributed by atoms with Crippen LogP contribution in [-0.4, -0.2) is 7.11 Å². The molecule has 0 heterocycles. The highest BCUT2D eigenvalue weighted by Crippen LogP contribution is 2.26. The van der Waals surface area contributed by atoms with E-state index in [9.17, 15) is 0 Å². The Bertz CT molecular complexity index is 584. The van der Waals surface area contributed by atoms with Crippen LogP contribution in [0.25, 0.3) is 0 Å². The molecule has 2 aromatic rings. The van der Waals surface area contributed by atoms with Gasteiger partial charge in [0.05, 0.1) is 7.11 Å². The maximum atomic E-state index is 5.37. The van der Waals surface area contributed by atoms with Gasteiger partial charge < -0.3 is 10.1 Å². The molecular weight excluding hydrogens is 370 g/mol. The van der Waals surface area contributed by atoms with Gasteiger partial charge in [-0.25, -0.2) is 0 Å². The molecule has 2 aromatic carbocycles. The van der Waals surface area contributed by atoms with Gasteiger partial charge in [0.15, 0.2) is 0 Å². The molecule has 0 unspecified atom stereocenters. The number of benzene rings is 2. The Morgan fingerprint density at radius 2 is 1.74 bits per heavy atom. The van der Waals surface area contributed by atoms with Crippen LogP contribution in [0.3, 0.4) is 0 Å². The predicted octanol–water partition coefficient (Wildman–Crippen LogP) is 5.14. The van der Waals surface area contributed by atoms with Crippen molar-refractivity contribution in [2.45, 2.75) is 13.5 Å². The zero-order valence-corrected chi connectivity index (χ0v) is 14.0. The predicted molar refractivity (Wildman–Crippen MR) is 86.9 cm³/mol. The molecule has 0 spiro atoms. The Morgan fingerprint density at radius 1 is 1.05 bits per heavy atom. The lowest BCUT2D eigenvalue weighted by molar-refractivity contribution is 0.410. The summed E-state index contributed by atoms with van der Waals surface area (Å²) in [6.45, 7) is 2.81. The molecule has 0 radical (unpaired) electrons. The monoisotopic (exact) mass is 383 g/mol. The number of aryl methyl sites for hydroxylation is 1. The topological polar surface area (TPSA) is 21.3 Å². The lowest BCUT2D eigenvalue weighted by atomic mass is 10.1. The average molecular weight is 385 g/mol. The first kappa shape index (κ1) is 14.4. The number of hydrogen-bond donors (Lipinski definition) is 1. The summed E-state index contributed by atoms with van der Waals surface area (Å²) >= 11 is 6.98. The Hall–Kier alpha value is -1.00. The first-order chi connectivity index (χ1) is 9.10. The first-order valence-corrected chi connectivity index (χ1v) is 7.51. The number of hydrogen-bond acceptors (Lipinski definition) is 2. The molecule has 0 saturated heterocycles. The van der Waals surface area contributed by atoms with Gasteiger partial charge in [0.25, 0.3) is 0 Å². The summed E-state index contributed by atoms with van der Waals surface area (Å²) in [4.78, 5) is 0. The van der Waals surface area contributed by atoms with Crippen molar-refractivity contribution in [3.05, 3.63) is 56.5 Å². The van der Waals surface area contributed by atoms with Crippen LogP contribution in [-0.2, 0) is 6.54 Å². The highest BCUT2D eigenvalue weighted by atomic mass is 79.9. The molecule has 2 nitrogen and oxygen atoms in total. The molecule has 2 rings (SSSR count). The third-order valence-corrected chi connectivity index (χ3v) is 3.90. The molecule has 0 bridgehead atoms. The van der Waals surface area contributed by atoms with Gasteiger partial charge in [0.2, 0.25) is 0 Å². The number of ether oxygens (including phenoxy) is 1. The molecule has 1 N–H and O–H groups in total. The van der Waals surface area contributed by atoms with Gasteiger partial charge in [-0.3, -0.25) is 0 Å². The van der Waals surface area contributed by atoms with Crippen molar-refractivity contribution in [3.63, 3.8) is 0 Å². The largest absolute Gasteiger partial charge is 0.496 e. The fraction of sp³-hybridized carbons (Fsp3) is 0.200. The molecule has 0 saturated carbocycles. The summed E-state index contributed by atoms with van der Waals surface area (Å²) in [5.41, 5.74) is 3.46. The van der Waals surface area contributed by atoms with Crippen LogP contribution in [0.2, 0.25) is 0 Å². The van der Waals surface area contributed by atoms with Gasteiger partial charge in [-0.15, -0.1) is 0 Å². The molecule has 19 heavy (non-hydrogen) atoms. The SMILES string of the molecule is COc1ccc(Br)cc1CNc1cc(Br)ccc1C. The average Bonchev–Trinajstić information content (AvgIpc) is 2.40. The third kappa shape index (κ3) is 3.74. The van der Waals surface area contributed by atoms with E-state index in [0.29, 0.717) is 0 Å². The van der Waals surface area contributed by atoms with Crippen molar-refractivity contribution in [3.8, 4) is 5.75 Å². The highest BCUT2D eigenvalue weighted by molar-refractivity contribution is 9.10. The van der Waals surface area contributed by atoms with Crippen LogP contribution in [0.5, 0.6) is 5.75 Å². The molecule has 0 atom stereocenters. The summed E-state index contributed by atoms with van der Waals surface area (Å²) in [5, 5.41) is 3.44. The fourth-order valence-corrected chi connectivity index (χ4v) is 2.63. The van der Waals surface area contributed by atoms with Crippen LogP contribution in [0, 0.1) is 6.92 Å². The lowest BCUT2D eigenvalue weighted by Crippen LogP contribution is -2.03. The van der Waals surface area contributed by atoms with Crippen LogP contribution < -0.4 is 10.1 Å². The second-order valence-corrected chi connectivity index (χ2v) is 6.10. The second kappa shape index (κ2) is 6.44. The molecule has 0 aliphatic carbocycles. The van der Waals surface area contributed by atoms with Gasteiger partial charge in [-0.1, -0.05) is 37.9 Å². The number of methoxy groups -OCH3 is 1. The van der Waals surface area contributed by atoms with Crippen molar-refractivity contribution in [2.75, 3.05) is 12.4 Å². The summed E-state index contributed by atoms with van der Waals surface area (Å²) in [6, 6.07) is 12.2. The maximum absolute atomic E-state index is 5.37. The Kier molecular flexibility index (Phi) is 4.88. The van der Waals surface area contributed by atoms with Crippen molar-refractivity contribution >= 4 is 37.5 Å². The maximum Gasteiger partial charge on any atom is 0.123 e. The normalized spacial score (nSPS) is 10.3. The summed E-state index contributed by atoms with van der Waals surface area (Å²) < 4.78 is 7.50. The van der Waals surface area contributed by atoms with Crippen molar-refractivity contribution < 1.29 is 4.74 Å². The summed E-state index contributed by atoms with van der Waals surface area (Å²) in [6.07, 6.45) is 0. The minimum atomic E-state index is 0.722. The smallest absolute Gasteiger partial charge is 0.123 e. The molecular formula is C15H15Br2NO. The van der Waals surface area contributed by atoms with Crippen molar-refractivity contribution in [2.24, 2.45) is 0 Å². The lowest BCUT2D eigenvalue weighted by Gasteiger charge is -2.13. The van der Waals surface area contributed by atoms with Crippen LogP contribution in [0.1, 0.15) is 11.1 Å². The standard InChI is InChI=1S/C15H15Br2NO/c1-10-3-4-13(17)8-14(10)18-9-11-7-12(16)5-6-15(11)19-2/h3-8,18H,9H2,1-2H3. The van der Waals surface area contributed by atoms with Crippen LogP contribution in [0.4, 0.5) is 5.69 Å². The molecule has 0 aliphatic rings. The Balaban J connectivity index is 2.18. The van der Waals surface area contributed by atoms with E-state index in [1.165, 1.54) is 5.56 Å². The molecule has 100 valence electrons. The summed E-state index contributed by atoms with van der Waals surface area (Å²) in [7, 11) is 1.69. The minimum absolute atomic E-state index is 0.722. The van der Waals surface area contributed by atoms with E-state index < -0.39 is 0 Å². The van der Waals surface area contributed by atoms with E-state index in [1.54, 1.807) is 7.11 Å². The van der Waals surface area contributed by atoms with E-state index in [-0.39, 0.29) is 0 Å². The van der Waals surface area contributed by atoms with Crippen molar-refractivity contribution in [1.82, 2.24) is 0 Å². The zero-order chi connectivity index (χ0) is 13.8. The van der Waals surface area contributed by atoms with Crippen LogP contribution in [0.15, 0.2) is 45.3 Å². The van der Waals surface area contributed by atoms with Gasteiger partial charge in [-0.2, -0.15) is 0 Å². The minimum Gasteiger partial charge on any atom is -0.496 e. The Morgan fingerprint density at radius 3 is 2.47 bits per heavy atom. The van der Waals surface area contributed by atoms with Gasteiger partial charge >= 0.3 is 0 Å². The summed E-state index contributed by atoms with van der Waals surface area (Å²) in [5.74, 6) is 0.892. The van der Waals surface area contributed by atoms with Gasteiger partial charge in [0.1, 0.15) is 5.75 Å². The quantitative estimate of drug-likeness (QED) is 0.787. The Labute approximate surface area is 130 Å². The van der Waals surface area contributed by atoms with E-state index in [1.807, 2.05) is 18.2 Å². The molecule has 0 fully saturated rings. The second-order valence-electron chi connectivity index (χ2n) is 4.27. The van der Waals surface area contributed by atoms with Crippen LogP contribution >= 0.6 is 31.9 Å². The van der Waals surface area contributed by atoms with Gasteiger partial charge in [-0.05, 0) is 42.8 Å². The third-order valence-electron chi connectivity index (χ3n) is 2.91. The molecule has 0 aliphatic heterocycles. The number of rotatable bonds is 4. The number of halogens is 2. The zero-order valence-electron chi connectivity index (χ0n) is 10.8. The van der Waals surface area contributed by atoms with E-state index in [4.69, 9.17) is 4.74 Å². The van der Waals surface area contributed by atoms with Crippen molar-refractivity contribution in [1.29, 1.82) is 0 Å². The fourth-order valence-electron chi connectivity index (χ4n) is 1.86. The van der Waals surface area contributed by atoms with E-state index in [2.05, 4.69) is 62.3 Å². The van der Waals surface area contributed by atoms with E-state index in [0.717, 1.165) is 32.5 Å². The number of anilines is 1. The highest BCUT2D eigenvalue weighted by Gasteiger charge is 2.05. The molecule has 0 amide bonds. The van der Waals surface area contributed by atoms with E-state index >= 15 is 0 Å². The molecule has 4 heteroatoms. The first-order valence-electron chi connectivity index (χ1n) is 5.92. The number of nitrogens with one attached hydrogen (secondary N) is 1. The molecule has 0 aromatic heterocycles. The van der Waals surface area contributed by atoms with Gasteiger partial charge in [0, 0.05) is 26.7 Å².